The number of nitrogens with one attached hydrogen (secondary N) is 4. The second-order valence-electron chi connectivity index (χ2n) is 5.83. The summed E-state index contributed by atoms with van der Waals surface area (Å²) >= 11 is 0. The topological polar surface area (TPSA) is 77.7 Å². The molecule has 1 aromatic rings. The Hall–Kier alpha value is -1.93. The SMILES string of the molecule is COCCNC1NC(=O)C2=CN(c3ccc(C)cc3C)NC2N1. The molecule has 2 unspecified atom stereocenters. The van der Waals surface area contributed by atoms with Gasteiger partial charge in [-0.05, 0) is 25.5 Å². The van der Waals surface area contributed by atoms with E-state index in [2.05, 4.69) is 53.4 Å². The van der Waals surface area contributed by atoms with Crippen molar-refractivity contribution >= 4 is 11.6 Å². The number of carbonyl (C=O) groups is 1. The molecule has 1 saturated heterocycles. The number of amides is 1. The Morgan fingerprint density at radius 1 is 1.35 bits per heavy atom. The number of rotatable bonds is 5. The normalized spacial score (nSPS) is 23.5. The summed E-state index contributed by atoms with van der Waals surface area (Å²) in [7, 11) is 1.65. The fraction of sp³-hybridized carbons (Fsp3) is 0.438. The summed E-state index contributed by atoms with van der Waals surface area (Å²) in [6, 6.07) is 6.24. The van der Waals surface area contributed by atoms with Crippen molar-refractivity contribution in [2.45, 2.75) is 26.3 Å². The van der Waals surface area contributed by atoms with E-state index in [1.807, 2.05) is 11.2 Å². The Bertz CT molecular complexity index is 631. The van der Waals surface area contributed by atoms with Crippen molar-refractivity contribution in [2.24, 2.45) is 0 Å². The molecule has 2 aliphatic rings. The molecule has 0 aliphatic carbocycles. The number of nitrogens with zero attached hydrogens (tertiary/aromatic N) is 1. The van der Waals surface area contributed by atoms with Crippen molar-refractivity contribution < 1.29 is 9.53 Å². The fourth-order valence-electron chi connectivity index (χ4n) is 2.83. The largest absolute Gasteiger partial charge is 0.383 e. The van der Waals surface area contributed by atoms with E-state index < -0.39 is 0 Å². The Kier molecular flexibility index (Phi) is 4.63. The van der Waals surface area contributed by atoms with Gasteiger partial charge in [-0.2, -0.15) is 0 Å². The van der Waals surface area contributed by atoms with Gasteiger partial charge in [-0.15, -0.1) is 0 Å². The lowest BCUT2D eigenvalue weighted by molar-refractivity contribution is -0.120. The van der Waals surface area contributed by atoms with Gasteiger partial charge in [-0.25, -0.2) is 5.43 Å². The van der Waals surface area contributed by atoms with Gasteiger partial charge in [0.2, 0.25) is 0 Å². The number of benzene rings is 1. The van der Waals surface area contributed by atoms with Crippen LogP contribution in [0.2, 0.25) is 0 Å². The molecule has 4 N–H and O–H groups in total. The van der Waals surface area contributed by atoms with Crippen LogP contribution in [0, 0.1) is 13.8 Å². The molecule has 23 heavy (non-hydrogen) atoms. The molecule has 1 aromatic carbocycles. The van der Waals surface area contributed by atoms with Crippen LogP contribution in [0.3, 0.4) is 0 Å². The van der Waals surface area contributed by atoms with Gasteiger partial charge in [0.05, 0.1) is 17.9 Å². The average Bonchev–Trinajstić information content (AvgIpc) is 2.92. The van der Waals surface area contributed by atoms with Gasteiger partial charge >= 0.3 is 0 Å². The minimum atomic E-state index is -0.286. The fourth-order valence-corrected chi connectivity index (χ4v) is 2.83. The van der Waals surface area contributed by atoms with E-state index in [9.17, 15) is 4.79 Å². The molecule has 1 fully saturated rings. The van der Waals surface area contributed by atoms with E-state index in [1.165, 1.54) is 5.56 Å². The molecule has 0 radical (unpaired) electrons. The Morgan fingerprint density at radius 2 is 2.17 bits per heavy atom. The molecule has 2 heterocycles. The molecule has 1 amide bonds. The van der Waals surface area contributed by atoms with Crippen LogP contribution in [-0.4, -0.2) is 38.6 Å². The van der Waals surface area contributed by atoms with Crippen molar-refractivity contribution in [3.63, 3.8) is 0 Å². The summed E-state index contributed by atoms with van der Waals surface area (Å²) in [5.41, 5.74) is 7.40. The van der Waals surface area contributed by atoms with Crippen LogP contribution < -0.4 is 26.4 Å². The molecule has 0 saturated carbocycles. The lowest BCUT2D eigenvalue weighted by Crippen LogP contribution is -2.66. The highest BCUT2D eigenvalue weighted by atomic mass is 16.5. The van der Waals surface area contributed by atoms with Gasteiger partial charge in [0.15, 0.2) is 0 Å². The number of fused-ring (bicyclic) bond motifs is 1. The van der Waals surface area contributed by atoms with Crippen molar-refractivity contribution in [3.05, 3.63) is 41.1 Å². The molecule has 2 aliphatic heterocycles. The zero-order valence-electron chi connectivity index (χ0n) is 13.6. The van der Waals surface area contributed by atoms with Gasteiger partial charge in [-0.1, -0.05) is 17.7 Å². The molecule has 0 bridgehead atoms. The predicted octanol–water partition coefficient (Wildman–Crippen LogP) is 0.0770. The third-order valence-electron chi connectivity index (χ3n) is 3.98. The molecular formula is C16H23N5O2. The number of methoxy groups -OCH3 is 1. The maximum atomic E-state index is 12.3. The minimum absolute atomic E-state index is 0.0802. The smallest absolute Gasteiger partial charge is 0.254 e. The molecule has 0 aromatic heterocycles. The zero-order valence-corrected chi connectivity index (χ0v) is 13.6. The number of aryl methyl sites for hydroxylation is 2. The maximum Gasteiger partial charge on any atom is 0.254 e. The standard InChI is InChI=1S/C16H23N5O2/c1-10-4-5-13(11(2)8-10)21-9-12-14(20-21)18-16(19-15(12)22)17-6-7-23-3/h4-5,8-9,14,16-18,20H,6-7H2,1-3H3,(H,19,22). The van der Waals surface area contributed by atoms with Crippen molar-refractivity contribution in [1.82, 2.24) is 21.4 Å². The highest BCUT2D eigenvalue weighted by molar-refractivity contribution is 5.96. The van der Waals surface area contributed by atoms with Crippen LogP contribution in [0.5, 0.6) is 0 Å². The summed E-state index contributed by atoms with van der Waals surface area (Å²) in [5, 5.41) is 11.3. The van der Waals surface area contributed by atoms with Gasteiger partial charge in [0, 0.05) is 19.9 Å². The van der Waals surface area contributed by atoms with Crippen molar-refractivity contribution in [3.8, 4) is 0 Å². The van der Waals surface area contributed by atoms with Gasteiger partial charge in [-0.3, -0.25) is 20.4 Å². The van der Waals surface area contributed by atoms with Crippen LogP contribution in [0.25, 0.3) is 0 Å². The van der Waals surface area contributed by atoms with E-state index in [0.29, 0.717) is 18.7 Å². The second-order valence-corrected chi connectivity index (χ2v) is 5.83. The third-order valence-corrected chi connectivity index (χ3v) is 3.98. The van der Waals surface area contributed by atoms with Crippen LogP contribution in [0.15, 0.2) is 30.0 Å². The molecule has 7 heteroatoms. The maximum absolute atomic E-state index is 12.3. The molecule has 124 valence electrons. The first-order chi connectivity index (χ1) is 11.1. The minimum Gasteiger partial charge on any atom is -0.383 e. The van der Waals surface area contributed by atoms with Gasteiger partial charge in [0.25, 0.3) is 5.91 Å². The molecular weight excluding hydrogens is 294 g/mol. The number of hydrazine groups is 1. The van der Waals surface area contributed by atoms with Crippen LogP contribution in [-0.2, 0) is 9.53 Å². The lowest BCUT2D eigenvalue weighted by atomic mass is 10.1. The number of carbonyl (C=O) groups excluding carboxylic acids is 1. The van der Waals surface area contributed by atoms with E-state index >= 15 is 0 Å². The third kappa shape index (κ3) is 3.37. The van der Waals surface area contributed by atoms with Crippen LogP contribution in [0.4, 0.5) is 5.69 Å². The van der Waals surface area contributed by atoms with E-state index in [-0.39, 0.29) is 18.4 Å². The summed E-state index contributed by atoms with van der Waals surface area (Å²) in [6.07, 6.45) is 1.34. The summed E-state index contributed by atoms with van der Waals surface area (Å²) in [5.74, 6) is -0.0802. The Labute approximate surface area is 136 Å². The number of hydrogen-bond acceptors (Lipinski definition) is 6. The Balaban J connectivity index is 1.71. The molecule has 3 rings (SSSR count). The van der Waals surface area contributed by atoms with Crippen LogP contribution in [0.1, 0.15) is 11.1 Å². The van der Waals surface area contributed by atoms with Gasteiger partial charge in [0.1, 0.15) is 12.5 Å². The Morgan fingerprint density at radius 3 is 2.91 bits per heavy atom. The highest BCUT2D eigenvalue weighted by Crippen LogP contribution is 2.25. The number of hydrogen-bond donors (Lipinski definition) is 4. The average molecular weight is 317 g/mol. The molecule has 7 nitrogen and oxygen atoms in total. The van der Waals surface area contributed by atoms with Gasteiger partial charge < -0.3 is 10.1 Å². The predicted molar refractivity (Wildman–Crippen MR) is 88.3 cm³/mol. The summed E-state index contributed by atoms with van der Waals surface area (Å²) < 4.78 is 5.01. The second kappa shape index (κ2) is 6.67. The summed E-state index contributed by atoms with van der Waals surface area (Å²) in [4.78, 5) is 12.3. The molecule has 2 atom stereocenters. The van der Waals surface area contributed by atoms with Crippen molar-refractivity contribution in [1.29, 1.82) is 0 Å². The zero-order chi connectivity index (χ0) is 16.4. The lowest BCUT2D eigenvalue weighted by Gasteiger charge is -2.32. The summed E-state index contributed by atoms with van der Waals surface area (Å²) in [6.45, 7) is 5.37. The van der Waals surface area contributed by atoms with E-state index in [4.69, 9.17) is 4.74 Å². The van der Waals surface area contributed by atoms with E-state index in [1.54, 1.807) is 7.11 Å². The molecule has 0 spiro atoms. The number of anilines is 1. The first-order valence-electron chi connectivity index (χ1n) is 7.72. The van der Waals surface area contributed by atoms with Crippen LogP contribution >= 0.6 is 0 Å². The van der Waals surface area contributed by atoms with Crippen molar-refractivity contribution in [2.75, 3.05) is 25.3 Å². The first kappa shape index (κ1) is 15.9. The first-order valence-corrected chi connectivity index (χ1v) is 7.72. The monoisotopic (exact) mass is 317 g/mol. The highest BCUT2D eigenvalue weighted by Gasteiger charge is 2.36. The quantitative estimate of drug-likeness (QED) is 0.576. The number of ether oxygens (including phenoxy) is 1. The van der Waals surface area contributed by atoms with E-state index in [0.717, 1.165) is 11.3 Å².